The Labute approximate surface area is 232 Å². The van der Waals surface area contributed by atoms with Crippen molar-refractivity contribution in [1.82, 2.24) is 10.3 Å². The van der Waals surface area contributed by atoms with Crippen LogP contribution in [0, 0.1) is 12.8 Å². The summed E-state index contributed by atoms with van der Waals surface area (Å²) >= 11 is 1.37. The Morgan fingerprint density at radius 3 is 2.56 bits per heavy atom. The van der Waals surface area contributed by atoms with Gasteiger partial charge < -0.3 is 10.4 Å². The monoisotopic (exact) mass is 540 g/mol. The molecule has 3 aromatic carbocycles. The lowest BCUT2D eigenvalue weighted by molar-refractivity contribution is 0.0958. The normalized spacial score (nSPS) is 14.6. The molecule has 0 radical (unpaired) electrons. The molecule has 1 aromatic heterocycles. The second-order valence-corrected chi connectivity index (χ2v) is 11.0. The van der Waals surface area contributed by atoms with Gasteiger partial charge in [0, 0.05) is 28.8 Å². The number of hydrogen-bond acceptors (Lipinski definition) is 6. The number of carbonyl (C=O) groups excluding carboxylic acids is 2. The minimum Gasteiger partial charge on any atom is -0.396 e. The zero-order valence-corrected chi connectivity index (χ0v) is 22.7. The van der Waals surface area contributed by atoms with E-state index in [0.29, 0.717) is 22.0 Å². The van der Waals surface area contributed by atoms with Gasteiger partial charge in [0.15, 0.2) is 0 Å². The number of nitrogens with one attached hydrogen (secondary N) is 2. The third-order valence-corrected chi connectivity index (χ3v) is 8.15. The molecule has 3 N–H and O–H groups in total. The minimum atomic E-state index is -0.383. The number of hydrazone groups is 1. The lowest BCUT2D eigenvalue weighted by Gasteiger charge is -2.31. The molecule has 2 heterocycles. The Hall–Kier alpha value is -3.85. The van der Waals surface area contributed by atoms with E-state index in [-0.39, 0.29) is 18.4 Å². The lowest BCUT2D eigenvalue weighted by Crippen LogP contribution is -2.34. The summed E-state index contributed by atoms with van der Waals surface area (Å²) in [6.07, 6.45) is 3.58. The van der Waals surface area contributed by atoms with Crippen LogP contribution in [0.15, 0.2) is 77.9 Å². The first kappa shape index (κ1) is 26.7. The highest BCUT2D eigenvalue weighted by molar-refractivity contribution is 7.23. The average Bonchev–Trinajstić information content (AvgIpc) is 3.32. The number of thiophene rings is 1. The van der Waals surface area contributed by atoms with Gasteiger partial charge >= 0.3 is 0 Å². The third-order valence-electron chi connectivity index (χ3n) is 7.07. The highest BCUT2D eigenvalue weighted by Gasteiger charge is 2.22. The molecule has 0 spiro atoms. The number of amides is 2. The Balaban J connectivity index is 1.31. The predicted molar refractivity (Wildman–Crippen MR) is 158 cm³/mol. The van der Waals surface area contributed by atoms with Crippen molar-refractivity contribution < 1.29 is 14.7 Å². The predicted octanol–water partition coefficient (Wildman–Crippen LogP) is 5.43. The summed E-state index contributed by atoms with van der Waals surface area (Å²) < 4.78 is 0.903. The summed E-state index contributed by atoms with van der Waals surface area (Å²) in [5.74, 6) is -0.259. The fourth-order valence-corrected chi connectivity index (χ4v) is 5.90. The van der Waals surface area contributed by atoms with E-state index in [9.17, 15) is 14.7 Å². The fourth-order valence-electron chi connectivity index (χ4n) is 4.80. The number of benzene rings is 3. The van der Waals surface area contributed by atoms with Gasteiger partial charge in [-0.05, 0) is 68.1 Å². The van der Waals surface area contributed by atoms with E-state index in [2.05, 4.69) is 20.7 Å². The van der Waals surface area contributed by atoms with Gasteiger partial charge in [-0.2, -0.15) is 5.10 Å². The van der Waals surface area contributed by atoms with Crippen molar-refractivity contribution in [3.05, 3.63) is 101 Å². The molecule has 5 rings (SSSR count). The zero-order chi connectivity index (χ0) is 27.2. The van der Waals surface area contributed by atoms with Crippen LogP contribution in [0.4, 0.5) is 5.00 Å². The van der Waals surface area contributed by atoms with Gasteiger partial charge in [0.1, 0.15) is 5.00 Å². The van der Waals surface area contributed by atoms with Crippen molar-refractivity contribution in [2.24, 2.45) is 11.0 Å². The van der Waals surface area contributed by atoms with Crippen molar-refractivity contribution >= 4 is 44.5 Å². The molecule has 8 heteroatoms. The number of anilines is 1. The van der Waals surface area contributed by atoms with Crippen molar-refractivity contribution in [1.29, 1.82) is 0 Å². The largest absolute Gasteiger partial charge is 0.396 e. The Kier molecular flexibility index (Phi) is 8.46. The topological polar surface area (TPSA) is 94.0 Å². The van der Waals surface area contributed by atoms with E-state index in [1.54, 1.807) is 12.3 Å². The van der Waals surface area contributed by atoms with Gasteiger partial charge in [0.25, 0.3) is 11.8 Å². The van der Waals surface area contributed by atoms with Crippen LogP contribution in [-0.4, -0.2) is 47.7 Å². The van der Waals surface area contributed by atoms with Crippen molar-refractivity contribution in [3.8, 4) is 0 Å². The second-order valence-electron chi connectivity index (χ2n) is 9.97. The number of hydrogen-bond donors (Lipinski definition) is 3. The first-order valence-corrected chi connectivity index (χ1v) is 14.0. The van der Waals surface area contributed by atoms with E-state index in [0.717, 1.165) is 59.3 Å². The van der Waals surface area contributed by atoms with Crippen LogP contribution in [0.3, 0.4) is 0 Å². The molecule has 0 atom stereocenters. The maximum absolute atomic E-state index is 13.3. The highest BCUT2D eigenvalue weighted by atomic mass is 32.1. The maximum atomic E-state index is 13.3. The maximum Gasteiger partial charge on any atom is 0.275 e. The van der Waals surface area contributed by atoms with Gasteiger partial charge in [-0.15, -0.1) is 11.3 Å². The molecule has 1 fully saturated rings. The van der Waals surface area contributed by atoms with E-state index in [4.69, 9.17) is 0 Å². The minimum absolute atomic E-state index is 0.250. The zero-order valence-electron chi connectivity index (χ0n) is 21.9. The van der Waals surface area contributed by atoms with Crippen LogP contribution in [-0.2, 0) is 6.54 Å². The molecule has 1 aliphatic rings. The van der Waals surface area contributed by atoms with Crippen LogP contribution >= 0.6 is 11.3 Å². The van der Waals surface area contributed by atoms with Crippen LogP contribution in [0.5, 0.6) is 0 Å². The number of aliphatic hydroxyl groups excluding tert-OH is 1. The summed E-state index contributed by atoms with van der Waals surface area (Å²) in [5.41, 5.74) is 6.64. The molecule has 2 amide bonds. The molecule has 0 saturated carbocycles. The smallest absolute Gasteiger partial charge is 0.275 e. The molecule has 0 aliphatic carbocycles. The van der Waals surface area contributed by atoms with Crippen LogP contribution < -0.4 is 10.7 Å². The molecule has 200 valence electrons. The summed E-state index contributed by atoms with van der Waals surface area (Å²) in [5, 5.41) is 17.8. The highest BCUT2D eigenvalue weighted by Crippen LogP contribution is 2.36. The molecule has 1 aliphatic heterocycles. The molecule has 4 aromatic rings. The fraction of sp³-hybridized carbons (Fsp3) is 0.258. The first-order valence-electron chi connectivity index (χ1n) is 13.2. The van der Waals surface area contributed by atoms with Crippen LogP contribution in [0.1, 0.15) is 50.2 Å². The molecule has 0 bridgehead atoms. The molecule has 7 nitrogen and oxygen atoms in total. The standard InChI is InChI=1S/C31H32N4O3S/c1-21-9-11-22(12-10-21)18-32-34-30(38)28-26-7-2-3-8-27(26)39-31(28)33-29(37)25-6-4-5-24(17-25)19-35-15-13-23(20-36)14-16-35/h2-12,17-18,23,36H,13-16,19-20H2,1H3,(H,33,37)(H,34,38). The molecule has 0 unspecified atom stereocenters. The summed E-state index contributed by atoms with van der Waals surface area (Å²) in [6.45, 7) is 4.90. The van der Waals surface area contributed by atoms with E-state index in [1.807, 2.05) is 73.7 Å². The number of aryl methyl sites for hydroxylation is 1. The summed E-state index contributed by atoms with van der Waals surface area (Å²) in [6, 6.07) is 23.0. The van der Waals surface area contributed by atoms with Gasteiger partial charge in [0.2, 0.25) is 0 Å². The van der Waals surface area contributed by atoms with Crippen molar-refractivity contribution in [2.75, 3.05) is 25.0 Å². The Bertz CT molecular complexity index is 1490. The van der Waals surface area contributed by atoms with E-state index < -0.39 is 0 Å². The van der Waals surface area contributed by atoms with Gasteiger partial charge in [-0.1, -0.05) is 60.2 Å². The molecular weight excluding hydrogens is 508 g/mol. The van der Waals surface area contributed by atoms with Crippen molar-refractivity contribution in [3.63, 3.8) is 0 Å². The Morgan fingerprint density at radius 2 is 1.79 bits per heavy atom. The summed E-state index contributed by atoms with van der Waals surface area (Å²) in [4.78, 5) is 28.9. The van der Waals surface area contributed by atoms with Crippen LogP contribution in [0.2, 0.25) is 0 Å². The lowest BCUT2D eigenvalue weighted by atomic mass is 9.97. The number of likely N-dealkylation sites (tertiary alicyclic amines) is 1. The average molecular weight is 541 g/mol. The van der Waals surface area contributed by atoms with Gasteiger partial charge in [-0.3, -0.25) is 14.5 Å². The Morgan fingerprint density at radius 1 is 1.03 bits per heavy atom. The quantitative estimate of drug-likeness (QED) is 0.205. The van der Waals surface area contributed by atoms with Gasteiger partial charge in [-0.25, -0.2) is 5.43 Å². The first-order chi connectivity index (χ1) is 19.0. The molecule has 39 heavy (non-hydrogen) atoms. The molecular formula is C31H32N4O3S. The SMILES string of the molecule is Cc1ccc(C=NNC(=O)c2c(NC(=O)c3cccc(CN4CCC(CO)CC4)c3)sc3ccccc23)cc1. The number of fused-ring (bicyclic) bond motifs is 1. The van der Waals surface area contributed by atoms with Crippen LogP contribution in [0.25, 0.3) is 10.1 Å². The van der Waals surface area contributed by atoms with E-state index in [1.165, 1.54) is 11.3 Å². The van der Waals surface area contributed by atoms with E-state index >= 15 is 0 Å². The van der Waals surface area contributed by atoms with Crippen molar-refractivity contribution in [2.45, 2.75) is 26.3 Å². The summed E-state index contributed by atoms with van der Waals surface area (Å²) in [7, 11) is 0. The third kappa shape index (κ3) is 6.60. The number of piperidine rings is 1. The molecule has 1 saturated heterocycles. The second kappa shape index (κ2) is 12.3. The number of carbonyl (C=O) groups is 2. The number of aliphatic hydroxyl groups is 1. The number of nitrogens with zero attached hydrogens (tertiary/aromatic N) is 2. The number of rotatable bonds is 8. The van der Waals surface area contributed by atoms with Gasteiger partial charge in [0.05, 0.1) is 11.8 Å².